The maximum atomic E-state index is 5.72. The highest BCUT2D eigenvalue weighted by Gasteiger charge is 2.28. The molecule has 0 saturated carbocycles. The summed E-state index contributed by atoms with van der Waals surface area (Å²) in [7, 11) is 0. The van der Waals surface area contributed by atoms with E-state index in [1.54, 1.807) is 0 Å². The number of hydrogen-bond acceptors (Lipinski definition) is 3. The molecule has 0 spiro atoms. The molecular weight excluding hydrogens is 202 g/mol. The molecular formula is C12H21N3O. The highest BCUT2D eigenvalue weighted by atomic mass is 16.5. The molecule has 4 nitrogen and oxygen atoms in total. The Morgan fingerprint density at radius 3 is 3.12 bits per heavy atom. The number of ether oxygens (including phenoxy) is 1. The Balaban J connectivity index is 1.75. The van der Waals surface area contributed by atoms with Crippen molar-refractivity contribution in [1.29, 1.82) is 0 Å². The van der Waals surface area contributed by atoms with Gasteiger partial charge in [0.2, 0.25) is 0 Å². The van der Waals surface area contributed by atoms with Gasteiger partial charge in [0, 0.05) is 38.0 Å². The topological polar surface area (TPSA) is 39.1 Å². The fourth-order valence-electron chi connectivity index (χ4n) is 2.12. The van der Waals surface area contributed by atoms with Crippen LogP contribution in [0.1, 0.15) is 32.3 Å². The highest BCUT2D eigenvalue weighted by molar-refractivity contribution is 5.03. The Kier molecular flexibility index (Phi) is 3.61. The first kappa shape index (κ1) is 11.6. The van der Waals surface area contributed by atoms with E-state index in [4.69, 9.17) is 4.74 Å². The molecule has 1 saturated heterocycles. The summed E-state index contributed by atoms with van der Waals surface area (Å²) < 4.78 is 7.67. The molecule has 1 N–H and O–H groups in total. The van der Waals surface area contributed by atoms with Crippen LogP contribution in [0.5, 0.6) is 0 Å². The molecule has 1 atom stereocenters. The monoisotopic (exact) mass is 223 g/mol. The largest absolute Gasteiger partial charge is 0.374 e. The lowest BCUT2D eigenvalue weighted by Gasteiger charge is -2.23. The first-order valence-corrected chi connectivity index (χ1v) is 6.08. The van der Waals surface area contributed by atoms with E-state index in [9.17, 15) is 0 Å². The minimum atomic E-state index is 0.0424. The molecule has 2 heterocycles. The summed E-state index contributed by atoms with van der Waals surface area (Å²) in [6.45, 7) is 7.91. The van der Waals surface area contributed by atoms with Crippen LogP contribution < -0.4 is 5.32 Å². The van der Waals surface area contributed by atoms with E-state index in [-0.39, 0.29) is 5.60 Å². The van der Waals surface area contributed by atoms with Crippen molar-refractivity contribution in [2.45, 2.75) is 45.4 Å². The van der Waals surface area contributed by atoms with Crippen LogP contribution in [0.4, 0.5) is 0 Å². The van der Waals surface area contributed by atoms with Gasteiger partial charge in [-0.15, -0.1) is 0 Å². The van der Waals surface area contributed by atoms with Crippen LogP contribution in [-0.2, 0) is 17.8 Å². The Hall–Kier alpha value is -0.870. The van der Waals surface area contributed by atoms with E-state index in [0.29, 0.717) is 0 Å². The standard InChI is InChI=1S/C12H21N3O/c1-3-15-9-11(8-14-15)7-13-10-12(2)5-4-6-16-12/h8-9,13H,3-7,10H2,1-2H3. The molecule has 1 aromatic heterocycles. The van der Waals surface area contributed by atoms with Gasteiger partial charge in [-0.25, -0.2) is 0 Å². The molecule has 90 valence electrons. The van der Waals surface area contributed by atoms with E-state index in [1.807, 2.05) is 10.9 Å². The van der Waals surface area contributed by atoms with E-state index in [0.717, 1.165) is 32.7 Å². The number of nitrogens with zero attached hydrogens (tertiary/aromatic N) is 2. The summed E-state index contributed by atoms with van der Waals surface area (Å²) in [5.74, 6) is 0. The molecule has 1 aromatic rings. The highest BCUT2D eigenvalue weighted by Crippen LogP contribution is 2.23. The van der Waals surface area contributed by atoms with Crippen LogP contribution in [0.25, 0.3) is 0 Å². The summed E-state index contributed by atoms with van der Waals surface area (Å²) in [4.78, 5) is 0. The van der Waals surface area contributed by atoms with Gasteiger partial charge >= 0.3 is 0 Å². The van der Waals surface area contributed by atoms with E-state index >= 15 is 0 Å². The quantitative estimate of drug-likeness (QED) is 0.823. The van der Waals surface area contributed by atoms with Crippen LogP contribution in [0.2, 0.25) is 0 Å². The van der Waals surface area contributed by atoms with Crippen LogP contribution in [0.3, 0.4) is 0 Å². The molecule has 0 bridgehead atoms. The smallest absolute Gasteiger partial charge is 0.0779 e. The lowest BCUT2D eigenvalue weighted by Crippen LogP contribution is -2.36. The Labute approximate surface area is 97.0 Å². The first-order chi connectivity index (χ1) is 7.72. The Bertz CT molecular complexity index is 329. The third-order valence-corrected chi connectivity index (χ3v) is 3.14. The third kappa shape index (κ3) is 2.83. The second-order valence-electron chi connectivity index (χ2n) is 4.71. The number of aromatic nitrogens is 2. The predicted octanol–water partition coefficient (Wildman–Crippen LogP) is 1.56. The van der Waals surface area contributed by atoms with Crippen molar-refractivity contribution >= 4 is 0 Å². The molecule has 2 rings (SSSR count). The molecule has 1 aliphatic rings. The van der Waals surface area contributed by atoms with Gasteiger partial charge in [-0.2, -0.15) is 5.10 Å². The zero-order valence-electron chi connectivity index (χ0n) is 10.2. The molecule has 1 unspecified atom stereocenters. The van der Waals surface area contributed by atoms with Gasteiger partial charge in [0.1, 0.15) is 0 Å². The lowest BCUT2D eigenvalue weighted by molar-refractivity contribution is 0.0207. The summed E-state index contributed by atoms with van der Waals surface area (Å²) in [5, 5.41) is 7.69. The van der Waals surface area contributed by atoms with Gasteiger partial charge in [0.25, 0.3) is 0 Å². The van der Waals surface area contributed by atoms with E-state index < -0.39 is 0 Å². The first-order valence-electron chi connectivity index (χ1n) is 6.08. The molecule has 0 radical (unpaired) electrons. The molecule has 1 aliphatic heterocycles. The molecule has 0 amide bonds. The number of rotatable bonds is 5. The molecule has 16 heavy (non-hydrogen) atoms. The second-order valence-corrected chi connectivity index (χ2v) is 4.71. The maximum absolute atomic E-state index is 5.72. The van der Waals surface area contributed by atoms with Gasteiger partial charge in [-0.05, 0) is 26.7 Å². The molecule has 0 aromatic carbocycles. The third-order valence-electron chi connectivity index (χ3n) is 3.14. The SMILES string of the molecule is CCn1cc(CNCC2(C)CCCO2)cn1. The van der Waals surface area contributed by atoms with Crippen LogP contribution >= 0.6 is 0 Å². The van der Waals surface area contributed by atoms with Gasteiger partial charge in [-0.3, -0.25) is 4.68 Å². The molecule has 0 aliphatic carbocycles. The molecule has 1 fully saturated rings. The van der Waals surface area contributed by atoms with E-state index in [2.05, 4.69) is 30.5 Å². The molecule has 4 heteroatoms. The fraction of sp³-hybridized carbons (Fsp3) is 0.750. The Morgan fingerprint density at radius 1 is 1.62 bits per heavy atom. The van der Waals surface area contributed by atoms with Crippen LogP contribution in [0, 0.1) is 0 Å². The summed E-state index contributed by atoms with van der Waals surface area (Å²) in [5.41, 5.74) is 1.28. The zero-order valence-corrected chi connectivity index (χ0v) is 10.2. The van der Waals surface area contributed by atoms with Crippen LogP contribution in [-0.4, -0.2) is 28.5 Å². The lowest BCUT2D eigenvalue weighted by atomic mass is 10.0. The van der Waals surface area contributed by atoms with Crippen molar-refractivity contribution < 1.29 is 4.74 Å². The van der Waals surface area contributed by atoms with Crippen molar-refractivity contribution in [3.05, 3.63) is 18.0 Å². The Morgan fingerprint density at radius 2 is 2.50 bits per heavy atom. The zero-order chi connectivity index (χ0) is 11.4. The van der Waals surface area contributed by atoms with Gasteiger partial charge < -0.3 is 10.1 Å². The van der Waals surface area contributed by atoms with Crippen molar-refractivity contribution in [3.8, 4) is 0 Å². The minimum absolute atomic E-state index is 0.0424. The predicted molar refractivity (Wildman–Crippen MR) is 63.2 cm³/mol. The van der Waals surface area contributed by atoms with Gasteiger partial charge in [0.05, 0.1) is 11.8 Å². The normalized spacial score (nSPS) is 25.1. The summed E-state index contributed by atoms with van der Waals surface area (Å²) in [6.07, 6.45) is 6.36. The number of nitrogens with one attached hydrogen (secondary N) is 1. The summed E-state index contributed by atoms with van der Waals surface area (Å²) in [6, 6.07) is 0. The average molecular weight is 223 g/mol. The number of hydrogen-bond donors (Lipinski definition) is 1. The van der Waals surface area contributed by atoms with E-state index in [1.165, 1.54) is 12.0 Å². The average Bonchev–Trinajstić information content (AvgIpc) is 2.88. The number of aryl methyl sites for hydroxylation is 1. The van der Waals surface area contributed by atoms with Gasteiger partial charge in [0.15, 0.2) is 0 Å². The van der Waals surface area contributed by atoms with Gasteiger partial charge in [-0.1, -0.05) is 0 Å². The van der Waals surface area contributed by atoms with Crippen LogP contribution in [0.15, 0.2) is 12.4 Å². The fourth-order valence-corrected chi connectivity index (χ4v) is 2.12. The second kappa shape index (κ2) is 4.97. The van der Waals surface area contributed by atoms with Crippen molar-refractivity contribution in [1.82, 2.24) is 15.1 Å². The van der Waals surface area contributed by atoms with Crippen molar-refractivity contribution in [2.24, 2.45) is 0 Å². The van der Waals surface area contributed by atoms with Crippen molar-refractivity contribution in [2.75, 3.05) is 13.2 Å². The maximum Gasteiger partial charge on any atom is 0.0779 e. The minimum Gasteiger partial charge on any atom is -0.374 e. The summed E-state index contributed by atoms with van der Waals surface area (Å²) >= 11 is 0. The van der Waals surface area contributed by atoms with Crippen molar-refractivity contribution in [3.63, 3.8) is 0 Å².